The Bertz CT molecular complexity index is 550. The minimum atomic E-state index is 0.511. The number of hydrogen-bond donors (Lipinski definition) is 2. The van der Waals surface area contributed by atoms with Crippen LogP contribution in [0.4, 0.5) is 5.82 Å². The fourth-order valence-corrected chi connectivity index (χ4v) is 2.04. The van der Waals surface area contributed by atoms with E-state index in [0.29, 0.717) is 11.7 Å². The summed E-state index contributed by atoms with van der Waals surface area (Å²) < 4.78 is 0. The second kappa shape index (κ2) is 5.80. The lowest BCUT2D eigenvalue weighted by Gasteiger charge is -2.13. The van der Waals surface area contributed by atoms with Gasteiger partial charge in [-0.1, -0.05) is 44.2 Å². The van der Waals surface area contributed by atoms with Crippen molar-refractivity contribution in [1.82, 2.24) is 9.97 Å². The molecule has 0 fully saturated rings. The second-order valence-corrected chi connectivity index (χ2v) is 5.07. The number of nitrogen functional groups attached to an aromatic ring is 1. The standard InChI is InChI=1S/C15H20N4/c1-10(2)9-13-17-14(11(3)15(18-13)19-16)12-7-5-4-6-8-12/h4-8,10H,9,16H2,1-3H3,(H,17,18,19). The van der Waals surface area contributed by atoms with E-state index in [0.717, 1.165) is 29.1 Å². The summed E-state index contributed by atoms with van der Waals surface area (Å²) in [6.07, 6.45) is 0.842. The van der Waals surface area contributed by atoms with Crippen LogP contribution in [0.2, 0.25) is 0 Å². The second-order valence-electron chi connectivity index (χ2n) is 5.07. The van der Waals surface area contributed by atoms with Gasteiger partial charge in [-0.05, 0) is 12.8 Å². The lowest BCUT2D eigenvalue weighted by atomic mass is 10.1. The number of nitrogens with two attached hydrogens (primary N) is 1. The topological polar surface area (TPSA) is 63.8 Å². The number of hydrogen-bond acceptors (Lipinski definition) is 4. The summed E-state index contributed by atoms with van der Waals surface area (Å²) in [5.74, 6) is 7.59. The lowest BCUT2D eigenvalue weighted by molar-refractivity contribution is 0.621. The van der Waals surface area contributed by atoms with E-state index in [-0.39, 0.29) is 0 Å². The van der Waals surface area contributed by atoms with Gasteiger partial charge in [0.2, 0.25) is 0 Å². The molecule has 0 unspecified atom stereocenters. The lowest BCUT2D eigenvalue weighted by Crippen LogP contribution is -2.14. The predicted octanol–water partition coefficient (Wildman–Crippen LogP) is 2.94. The Hall–Kier alpha value is -1.94. The van der Waals surface area contributed by atoms with Crippen LogP contribution in [0.5, 0.6) is 0 Å². The van der Waals surface area contributed by atoms with Crippen molar-refractivity contribution in [3.05, 3.63) is 41.7 Å². The molecule has 1 heterocycles. The third-order valence-electron chi connectivity index (χ3n) is 2.97. The molecule has 0 aliphatic rings. The number of anilines is 1. The Labute approximate surface area is 114 Å². The molecule has 0 amide bonds. The van der Waals surface area contributed by atoms with Gasteiger partial charge >= 0.3 is 0 Å². The molecule has 2 aromatic rings. The van der Waals surface area contributed by atoms with E-state index in [1.807, 2.05) is 25.1 Å². The molecule has 3 N–H and O–H groups in total. The summed E-state index contributed by atoms with van der Waals surface area (Å²) in [5, 5.41) is 0. The van der Waals surface area contributed by atoms with Crippen LogP contribution in [0.3, 0.4) is 0 Å². The van der Waals surface area contributed by atoms with Crippen molar-refractivity contribution in [3.8, 4) is 11.3 Å². The summed E-state index contributed by atoms with van der Waals surface area (Å²) in [4.78, 5) is 9.15. The molecule has 0 bridgehead atoms. The van der Waals surface area contributed by atoms with Gasteiger partial charge in [0.25, 0.3) is 0 Å². The first kappa shape index (κ1) is 13.5. The molecule has 1 aromatic heterocycles. The smallest absolute Gasteiger partial charge is 0.147 e. The van der Waals surface area contributed by atoms with Crippen molar-refractivity contribution >= 4 is 5.82 Å². The average Bonchev–Trinajstić information content (AvgIpc) is 2.41. The highest BCUT2D eigenvalue weighted by molar-refractivity contribution is 5.67. The van der Waals surface area contributed by atoms with Crippen LogP contribution in [0.1, 0.15) is 25.2 Å². The Morgan fingerprint density at radius 2 is 1.84 bits per heavy atom. The maximum Gasteiger partial charge on any atom is 0.147 e. The van der Waals surface area contributed by atoms with Gasteiger partial charge < -0.3 is 5.43 Å². The van der Waals surface area contributed by atoms with E-state index in [2.05, 4.69) is 41.4 Å². The minimum Gasteiger partial charge on any atom is -0.308 e. The minimum absolute atomic E-state index is 0.511. The number of rotatable bonds is 4. The maximum atomic E-state index is 5.56. The zero-order valence-electron chi connectivity index (χ0n) is 11.6. The first-order valence-electron chi connectivity index (χ1n) is 6.51. The third kappa shape index (κ3) is 3.09. The van der Waals surface area contributed by atoms with Gasteiger partial charge in [0, 0.05) is 17.5 Å². The molecule has 0 spiro atoms. The molecule has 0 aliphatic heterocycles. The molecule has 19 heavy (non-hydrogen) atoms. The quantitative estimate of drug-likeness (QED) is 0.652. The summed E-state index contributed by atoms with van der Waals surface area (Å²) in [6, 6.07) is 10.1. The van der Waals surface area contributed by atoms with E-state index in [4.69, 9.17) is 5.84 Å². The van der Waals surface area contributed by atoms with Gasteiger partial charge in [-0.2, -0.15) is 0 Å². The average molecular weight is 256 g/mol. The van der Waals surface area contributed by atoms with Crippen molar-refractivity contribution in [3.63, 3.8) is 0 Å². The molecule has 0 aliphatic carbocycles. The van der Waals surface area contributed by atoms with Crippen LogP contribution in [-0.2, 0) is 6.42 Å². The zero-order chi connectivity index (χ0) is 13.8. The van der Waals surface area contributed by atoms with Crippen molar-refractivity contribution in [1.29, 1.82) is 0 Å². The SMILES string of the molecule is Cc1c(NN)nc(CC(C)C)nc1-c1ccccc1. The molecule has 4 nitrogen and oxygen atoms in total. The molecule has 0 radical (unpaired) electrons. The fourth-order valence-electron chi connectivity index (χ4n) is 2.04. The molecule has 100 valence electrons. The molecule has 0 saturated carbocycles. The Balaban J connectivity index is 2.52. The van der Waals surface area contributed by atoms with Crippen LogP contribution >= 0.6 is 0 Å². The molecule has 0 atom stereocenters. The number of aromatic nitrogens is 2. The molecule has 0 saturated heterocycles. The van der Waals surface area contributed by atoms with E-state index < -0.39 is 0 Å². The van der Waals surface area contributed by atoms with Gasteiger partial charge in [-0.3, -0.25) is 0 Å². The van der Waals surface area contributed by atoms with E-state index in [9.17, 15) is 0 Å². The van der Waals surface area contributed by atoms with Crippen molar-refractivity contribution in [2.24, 2.45) is 11.8 Å². The maximum absolute atomic E-state index is 5.56. The molecular formula is C15H20N4. The molecule has 1 aromatic carbocycles. The fraction of sp³-hybridized carbons (Fsp3) is 0.333. The summed E-state index contributed by atoms with van der Waals surface area (Å²) in [6.45, 7) is 6.29. The molecule has 4 heteroatoms. The molecule has 2 rings (SSSR count). The van der Waals surface area contributed by atoms with Gasteiger partial charge in [0.15, 0.2) is 0 Å². The van der Waals surface area contributed by atoms with Gasteiger partial charge in [-0.25, -0.2) is 15.8 Å². The number of hydrazine groups is 1. The van der Waals surface area contributed by atoms with Crippen LogP contribution in [0, 0.1) is 12.8 Å². The number of benzene rings is 1. The summed E-state index contributed by atoms with van der Waals surface area (Å²) in [5.41, 5.74) is 5.67. The normalized spacial score (nSPS) is 10.8. The number of nitrogens with one attached hydrogen (secondary N) is 1. The Kier molecular flexibility index (Phi) is 4.12. The van der Waals surface area contributed by atoms with Crippen molar-refractivity contribution < 1.29 is 0 Å². The zero-order valence-corrected chi connectivity index (χ0v) is 11.6. The summed E-state index contributed by atoms with van der Waals surface area (Å²) >= 11 is 0. The monoisotopic (exact) mass is 256 g/mol. The highest BCUT2D eigenvalue weighted by Crippen LogP contribution is 2.25. The van der Waals surface area contributed by atoms with Crippen molar-refractivity contribution in [2.75, 3.05) is 5.43 Å². The highest BCUT2D eigenvalue weighted by Gasteiger charge is 2.12. The number of nitrogens with zero attached hydrogens (tertiary/aromatic N) is 2. The largest absolute Gasteiger partial charge is 0.308 e. The van der Waals surface area contributed by atoms with Crippen LogP contribution in [0.25, 0.3) is 11.3 Å². The van der Waals surface area contributed by atoms with E-state index >= 15 is 0 Å². The van der Waals surface area contributed by atoms with Gasteiger partial charge in [0.1, 0.15) is 11.6 Å². The predicted molar refractivity (Wildman–Crippen MR) is 78.6 cm³/mol. The van der Waals surface area contributed by atoms with Crippen molar-refractivity contribution in [2.45, 2.75) is 27.2 Å². The first-order valence-corrected chi connectivity index (χ1v) is 6.51. The van der Waals surface area contributed by atoms with Crippen LogP contribution in [-0.4, -0.2) is 9.97 Å². The van der Waals surface area contributed by atoms with E-state index in [1.165, 1.54) is 0 Å². The van der Waals surface area contributed by atoms with Crippen LogP contribution < -0.4 is 11.3 Å². The van der Waals surface area contributed by atoms with Gasteiger partial charge in [-0.15, -0.1) is 0 Å². The van der Waals surface area contributed by atoms with Crippen LogP contribution in [0.15, 0.2) is 30.3 Å². The first-order chi connectivity index (χ1) is 9.11. The van der Waals surface area contributed by atoms with E-state index in [1.54, 1.807) is 0 Å². The Morgan fingerprint density at radius 3 is 2.42 bits per heavy atom. The summed E-state index contributed by atoms with van der Waals surface area (Å²) in [7, 11) is 0. The highest BCUT2D eigenvalue weighted by atomic mass is 15.3. The van der Waals surface area contributed by atoms with Gasteiger partial charge in [0.05, 0.1) is 5.69 Å². The Morgan fingerprint density at radius 1 is 1.16 bits per heavy atom. The third-order valence-corrected chi connectivity index (χ3v) is 2.97. The molecular weight excluding hydrogens is 236 g/mol.